The Bertz CT molecular complexity index is 665. The van der Waals surface area contributed by atoms with Gasteiger partial charge >= 0.3 is 0 Å². The molecule has 1 aliphatic heterocycles. The van der Waals surface area contributed by atoms with Crippen molar-refractivity contribution in [3.8, 4) is 0 Å². The van der Waals surface area contributed by atoms with E-state index in [9.17, 15) is 4.79 Å². The number of amides is 1. The zero-order chi connectivity index (χ0) is 16.2. The van der Waals surface area contributed by atoms with Gasteiger partial charge in [-0.3, -0.25) is 14.5 Å². The molecular formula is C18H24N4O. The number of likely N-dealkylation sites (tertiary alicyclic amines) is 1. The molecular weight excluding hydrogens is 288 g/mol. The molecule has 2 aromatic rings. The van der Waals surface area contributed by atoms with E-state index in [4.69, 9.17) is 0 Å². The molecule has 0 radical (unpaired) electrons. The molecule has 0 spiro atoms. The van der Waals surface area contributed by atoms with E-state index < -0.39 is 0 Å². The summed E-state index contributed by atoms with van der Waals surface area (Å²) in [6.07, 6.45) is 7.44. The van der Waals surface area contributed by atoms with E-state index >= 15 is 0 Å². The molecule has 5 nitrogen and oxygen atoms in total. The van der Waals surface area contributed by atoms with Crippen molar-refractivity contribution in [1.29, 1.82) is 0 Å². The number of aryl methyl sites for hydroxylation is 3. The van der Waals surface area contributed by atoms with Crippen LogP contribution in [-0.4, -0.2) is 32.1 Å². The monoisotopic (exact) mass is 312 g/mol. The van der Waals surface area contributed by atoms with Crippen LogP contribution in [-0.2, 0) is 11.3 Å². The lowest BCUT2D eigenvalue weighted by Crippen LogP contribution is -2.39. The number of nitrogens with zero attached hydrogens (tertiary/aromatic N) is 4. The summed E-state index contributed by atoms with van der Waals surface area (Å²) in [4.78, 5) is 19.0. The number of carbonyl (C=O) groups is 1. The van der Waals surface area contributed by atoms with E-state index in [1.807, 2.05) is 41.8 Å². The quantitative estimate of drug-likeness (QED) is 0.872. The maximum atomic E-state index is 12.7. The maximum absolute atomic E-state index is 12.7. The Morgan fingerprint density at radius 3 is 2.91 bits per heavy atom. The Morgan fingerprint density at radius 1 is 1.35 bits per heavy atom. The molecule has 1 atom stereocenters. The van der Waals surface area contributed by atoms with Gasteiger partial charge in [0.25, 0.3) is 0 Å². The second-order valence-corrected chi connectivity index (χ2v) is 6.29. The Morgan fingerprint density at radius 2 is 2.22 bits per heavy atom. The van der Waals surface area contributed by atoms with Crippen LogP contribution in [0, 0.1) is 13.8 Å². The molecule has 0 aliphatic carbocycles. The molecule has 1 amide bonds. The Kier molecular flexibility index (Phi) is 4.74. The summed E-state index contributed by atoms with van der Waals surface area (Å²) < 4.78 is 1.93. The smallest absolute Gasteiger partial charge is 0.224 e. The van der Waals surface area contributed by atoms with Crippen LogP contribution in [0.3, 0.4) is 0 Å². The fourth-order valence-corrected chi connectivity index (χ4v) is 3.40. The van der Waals surface area contributed by atoms with Crippen LogP contribution in [0.5, 0.6) is 0 Å². The zero-order valence-electron chi connectivity index (χ0n) is 13.9. The molecule has 5 heteroatoms. The van der Waals surface area contributed by atoms with Crippen molar-refractivity contribution in [2.45, 2.75) is 52.1 Å². The van der Waals surface area contributed by atoms with Crippen molar-refractivity contribution in [3.05, 3.63) is 47.5 Å². The zero-order valence-corrected chi connectivity index (χ0v) is 13.9. The molecule has 1 aliphatic rings. The molecule has 23 heavy (non-hydrogen) atoms. The van der Waals surface area contributed by atoms with Crippen LogP contribution in [0.15, 0.2) is 30.6 Å². The average Bonchev–Trinajstić information content (AvgIpc) is 2.91. The lowest BCUT2D eigenvalue weighted by molar-refractivity contribution is -0.135. The van der Waals surface area contributed by atoms with Crippen LogP contribution in [0.25, 0.3) is 0 Å². The number of rotatable bonds is 4. The van der Waals surface area contributed by atoms with E-state index in [0.717, 1.165) is 36.3 Å². The normalized spacial score (nSPS) is 18.2. The summed E-state index contributed by atoms with van der Waals surface area (Å²) in [5.74, 6) is 0.214. The van der Waals surface area contributed by atoms with E-state index in [2.05, 4.69) is 16.1 Å². The van der Waals surface area contributed by atoms with Gasteiger partial charge in [-0.1, -0.05) is 6.07 Å². The molecule has 0 bridgehead atoms. The number of carbonyl (C=O) groups excluding carboxylic acids is 1. The largest absolute Gasteiger partial charge is 0.336 e. The molecule has 122 valence electrons. The van der Waals surface area contributed by atoms with Crippen LogP contribution in [0.2, 0.25) is 0 Å². The molecule has 3 heterocycles. The highest BCUT2D eigenvalue weighted by Crippen LogP contribution is 2.30. The molecule has 0 aromatic carbocycles. The van der Waals surface area contributed by atoms with Gasteiger partial charge in [-0.2, -0.15) is 5.10 Å². The van der Waals surface area contributed by atoms with Crippen molar-refractivity contribution >= 4 is 5.91 Å². The van der Waals surface area contributed by atoms with Gasteiger partial charge in [0.1, 0.15) is 0 Å². The Hall–Kier alpha value is -2.17. The first-order valence-electron chi connectivity index (χ1n) is 8.35. The minimum Gasteiger partial charge on any atom is -0.336 e. The molecule has 1 unspecified atom stereocenters. The highest BCUT2D eigenvalue weighted by molar-refractivity contribution is 5.76. The van der Waals surface area contributed by atoms with Crippen molar-refractivity contribution < 1.29 is 4.79 Å². The first-order valence-corrected chi connectivity index (χ1v) is 8.35. The predicted molar refractivity (Wildman–Crippen MR) is 88.9 cm³/mol. The standard InChI is InChI=1S/C18H24N4O/c1-14-12-15(2)22(20-14)11-8-18(23)21-10-4-3-7-17(21)16-6-5-9-19-13-16/h5-6,9,12-13,17H,3-4,7-8,10-11H2,1-2H3. The molecule has 1 saturated heterocycles. The van der Waals surface area contributed by atoms with E-state index in [-0.39, 0.29) is 11.9 Å². The lowest BCUT2D eigenvalue weighted by Gasteiger charge is -2.36. The van der Waals surface area contributed by atoms with Gasteiger partial charge in [-0.25, -0.2) is 0 Å². The second kappa shape index (κ2) is 6.94. The van der Waals surface area contributed by atoms with Crippen LogP contribution >= 0.6 is 0 Å². The molecule has 3 rings (SSSR count). The third-order valence-electron chi connectivity index (χ3n) is 4.53. The fourth-order valence-electron chi connectivity index (χ4n) is 3.40. The minimum atomic E-state index is 0.172. The van der Waals surface area contributed by atoms with Gasteiger partial charge < -0.3 is 4.90 Å². The summed E-state index contributed by atoms with van der Waals surface area (Å²) in [6.45, 7) is 5.50. The molecule has 0 N–H and O–H groups in total. The van der Waals surface area contributed by atoms with Crippen molar-refractivity contribution in [2.24, 2.45) is 0 Å². The number of piperidine rings is 1. The topological polar surface area (TPSA) is 51.0 Å². The van der Waals surface area contributed by atoms with E-state index in [0.29, 0.717) is 13.0 Å². The van der Waals surface area contributed by atoms with Gasteiger partial charge in [0.05, 0.1) is 11.7 Å². The fraction of sp³-hybridized carbons (Fsp3) is 0.500. The second-order valence-electron chi connectivity index (χ2n) is 6.29. The summed E-state index contributed by atoms with van der Waals surface area (Å²) in [7, 11) is 0. The highest BCUT2D eigenvalue weighted by Gasteiger charge is 2.27. The van der Waals surface area contributed by atoms with Gasteiger partial charge in [0, 0.05) is 37.6 Å². The van der Waals surface area contributed by atoms with Crippen LogP contribution in [0.4, 0.5) is 0 Å². The summed E-state index contributed by atoms with van der Waals surface area (Å²) in [5, 5.41) is 4.44. The third kappa shape index (κ3) is 3.60. The molecule has 1 fully saturated rings. The summed E-state index contributed by atoms with van der Waals surface area (Å²) in [6, 6.07) is 6.24. The highest BCUT2D eigenvalue weighted by atomic mass is 16.2. The van der Waals surface area contributed by atoms with Crippen molar-refractivity contribution in [2.75, 3.05) is 6.54 Å². The van der Waals surface area contributed by atoms with E-state index in [1.54, 1.807) is 6.20 Å². The molecule has 2 aromatic heterocycles. The van der Waals surface area contributed by atoms with Gasteiger partial charge in [-0.05, 0) is 50.8 Å². The molecule has 0 saturated carbocycles. The summed E-state index contributed by atoms with van der Waals surface area (Å²) >= 11 is 0. The number of hydrogen-bond acceptors (Lipinski definition) is 3. The van der Waals surface area contributed by atoms with Gasteiger partial charge in [-0.15, -0.1) is 0 Å². The average molecular weight is 312 g/mol. The minimum absolute atomic E-state index is 0.172. The first-order chi connectivity index (χ1) is 11.1. The van der Waals surface area contributed by atoms with Gasteiger partial charge in [0.15, 0.2) is 0 Å². The van der Waals surface area contributed by atoms with Crippen LogP contribution in [0.1, 0.15) is 48.7 Å². The lowest BCUT2D eigenvalue weighted by atomic mass is 9.96. The number of hydrogen-bond donors (Lipinski definition) is 0. The number of aromatic nitrogens is 3. The van der Waals surface area contributed by atoms with Crippen molar-refractivity contribution in [1.82, 2.24) is 19.7 Å². The van der Waals surface area contributed by atoms with Gasteiger partial charge in [0.2, 0.25) is 5.91 Å². The maximum Gasteiger partial charge on any atom is 0.224 e. The SMILES string of the molecule is Cc1cc(C)n(CCC(=O)N2CCCCC2c2cccnc2)n1. The summed E-state index contributed by atoms with van der Waals surface area (Å²) in [5.41, 5.74) is 3.26. The van der Waals surface area contributed by atoms with Crippen LogP contribution < -0.4 is 0 Å². The van der Waals surface area contributed by atoms with Crippen molar-refractivity contribution in [3.63, 3.8) is 0 Å². The Labute approximate surface area is 137 Å². The third-order valence-corrected chi connectivity index (χ3v) is 4.53. The Balaban J connectivity index is 1.68. The first kappa shape index (κ1) is 15.7. The predicted octanol–water partition coefficient (Wildman–Crippen LogP) is 3.04. The van der Waals surface area contributed by atoms with E-state index in [1.165, 1.54) is 6.42 Å². The number of pyridine rings is 1.